The first-order chi connectivity index (χ1) is 15.4. The normalized spacial score (nSPS) is 12.4. The predicted molar refractivity (Wildman–Crippen MR) is 133 cm³/mol. The standard InChI is InChI=1S/C26H34BrFN2O3/c1-7-22(25(32)29-17(2)3)30(15-18-8-11-20(28)12-9-18)24(31)16-33-23-13-10-19(14-21(23)27)26(4,5)6/h8-14,17,22H,7,15-16H2,1-6H3,(H,29,32). The van der Waals surface area contributed by atoms with Gasteiger partial charge in [0, 0.05) is 12.6 Å². The molecular weight excluding hydrogens is 487 g/mol. The third-order valence-electron chi connectivity index (χ3n) is 5.23. The van der Waals surface area contributed by atoms with Crippen molar-refractivity contribution in [1.29, 1.82) is 0 Å². The quantitative estimate of drug-likeness (QED) is 0.468. The molecule has 7 heteroatoms. The van der Waals surface area contributed by atoms with Gasteiger partial charge in [-0.15, -0.1) is 0 Å². The van der Waals surface area contributed by atoms with Gasteiger partial charge in [0.2, 0.25) is 5.91 Å². The van der Waals surface area contributed by atoms with E-state index in [0.717, 1.165) is 15.6 Å². The molecule has 0 aliphatic carbocycles. The van der Waals surface area contributed by atoms with Crippen LogP contribution in [0.25, 0.3) is 0 Å². The van der Waals surface area contributed by atoms with Crippen molar-refractivity contribution in [3.8, 4) is 5.75 Å². The first kappa shape index (κ1) is 26.8. The Labute approximate surface area is 204 Å². The minimum atomic E-state index is -0.666. The Hall–Kier alpha value is -2.41. The van der Waals surface area contributed by atoms with Gasteiger partial charge in [0.1, 0.15) is 17.6 Å². The number of benzene rings is 2. The van der Waals surface area contributed by atoms with E-state index < -0.39 is 6.04 Å². The SMILES string of the molecule is CCC(C(=O)NC(C)C)N(Cc1ccc(F)cc1)C(=O)COc1ccc(C(C)(C)C)cc1Br. The Morgan fingerprint density at radius 3 is 2.27 bits per heavy atom. The summed E-state index contributed by atoms with van der Waals surface area (Å²) in [6.07, 6.45) is 0.440. The summed E-state index contributed by atoms with van der Waals surface area (Å²) in [7, 11) is 0. The van der Waals surface area contributed by atoms with Gasteiger partial charge in [0.25, 0.3) is 5.91 Å². The van der Waals surface area contributed by atoms with Gasteiger partial charge < -0.3 is 15.0 Å². The smallest absolute Gasteiger partial charge is 0.261 e. The molecule has 0 heterocycles. The first-order valence-electron chi connectivity index (χ1n) is 11.2. The Morgan fingerprint density at radius 1 is 1.12 bits per heavy atom. The number of ether oxygens (including phenoxy) is 1. The van der Waals surface area contributed by atoms with Crippen LogP contribution in [0.3, 0.4) is 0 Å². The van der Waals surface area contributed by atoms with Crippen molar-refractivity contribution < 1.29 is 18.7 Å². The monoisotopic (exact) mass is 520 g/mol. The van der Waals surface area contributed by atoms with Crippen molar-refractivity contribution >= 4 is 27.7 Å². The molecule has 0 saturated heterocycles. The van der Waals surface area contributed by atoms with Crippen molar-refractivity contribution in [2.45, 2.75) is 72.0 Å². The molecule has 0 radical (unpaired) electrons. The average molecular weight is 521 g/mol. The van der Waals surface area contributed by atoms with Crippen LogP contribution < -0.4 is 10.1 Å². The largest absolute Gasteiger partial charge is 0.483 e. The molecule has 0 aromatic heterocycles. The summed E-state index contributed by atoms with van der Waals surface area (Å²) in [6.45, 7) is 11.9. The van der Waals surface area contributed by atoms with E-state index in [1.54, 1.807) is 12.1 Å². The summed E-state index contributed by atoms with van der Waals surface area (Å²) in [5, 5.41) is 2.89. The van der Waals surface area contributed by atoms with Crippen molar-refractivity contribution in [3.05, 3.63) is 63.9 Å². The van der Waals surface area contributed by atoms with Gasteiger partial charge in [-0.25, -0.2) is 4.39 Å². The lowest BCUT2D eigenvalue weighted by Gasteiger charge is -2.31. The molecule has 1 unspecified atom stereocenters. The molecule has 2 rings (SSSR count). The van der Waals surface area contributed by atoms with E-state index in [2.05, 4.69) is 42.0 Å². The van der Waals surface area contributed by atoms with Crippen molar-refractivity contribution in [1.82, 2.24) is 10.2 Å². The highest BCUT2D eigenvalue weighted by atomic mass is 79.9. The second kappa shape index (κ2) is 11.6. The third-order valence-corrected chi connectivity index (χ3v) is 5.85. The molecule has 2 aromatic rings. The van der Waals surface area contributed by atoms with Crippen LogP contribution >= 0.6 is 15.9 Å². The fraction of sp³-hybridized carbons (Fsp3) is 0.462. The minimum absolute atomic E-state index is 0.0129. The zero-order chi connectivity index (χ0) is 24.8. The molecule has 0 saturated carbocycles. The van der Waals surface area contributed by atoms with Gasteiger partial charge in [-0.05, 0) is 77.0 Å². The van der Waals surface area contributed by atoms with Crippen LogP contribution in [0.4, 0.5) is 4.39 Å². The molecule has 0 aliphatic heterocycles. The Bertz CT molecular complexity index is 955. The summed E-state index contributed by atoms with van der Waals surface area (Å²) < 4.78 is 19.9. The molecular formula is C26H34BrFN2O3. The lowest BCUT2D eigenvalue weighted by atomic mass is 9.87. The number of nitrogens with one attached hydrogen (secondary N) is 1. The number of carbonyl (C=O) groups is 2. The zero-order valence-corrected chi connectivity index (χ0v) is 21.8. The van der Waals surface area contributed by atoms with Crippen molar-refractivity contribution in [3.63, 3.8) is 0 Å². The number of carbonyl (C=O) groups excluding carboxylic acids is 2. The van der Waals surface area contributed by atoms with Crippen LogP contribution in [0, 0.1) is 5.82 Å². The summed E-state index contributed by atoms with van der Waals surface area (Å²) in [5.74, 6) is -0.346. The summed E-state index contributed by atoms with van der Waals surface area (Å²) >= 11 is 3.53. The summed E-state index contributed by atoms with van der Waals surface area (Å²) in [5.41, 5.74) is 1.86. The van der Waals surface area contributed by atoms with Crippen LogP contribution in [0.2, 0.25) is 0 Å². The maximum absolute atomic E-state index is 13.4. The van der Waals surface area contributed by atoms with Gasteiger partial charge in [0.05, 0.1) is 4.47 Å². The number of hydrogen-bond acceptors (Lipinski definition) is 3. The van der Waals surface area contributed by atoms with E-state index in [4.69, 9.17) is 4.74 Å². The van der Waals surface area contributed by atoms with Crippen molar-refractivity contribution in [2.24, 2.45) is 0 Å². The van der Waals surface area contributed by atoms with Gasteiger partial charge in [-0.2, -0.15) is 0 Å². The van der Waals surface area contributed by atoms with Gasteiger partial charge in [0.15, 0.2) is 6.61 Å². The first-order valence-corrected chi connectivity index (χ1v) is 12.0. The number of rotatable bonds is 9. The summed E-state index contributed by atoms with van der Waals surface area (Å²) in [6, 6.07) is 11.0. The Kier molecular flexibility index (Phi) is 9.46. The molecule has 0 spiro atoms. The number of nitrogens with zero attached hydrogens (tertiary/aromatic N) is 1. The lowest BCUT2D eigenvalue weighted by molar-refractivity contribution is -0.143. The molecule has 2 amide bonds. The fourth-order valence-corrected chi connectivity index (χ4v) is 3.89. The second-order valence-electron chi connectivity index (χ2n) is 9.42. The minimum Gasteiger partial charge on any atom is -0.483 e. The highest BCUT2D eigenvalue weighted by Crippen LogP contribution is 2.31. The number of halogens is 2. The summed E-state index contributed by atoms with van der Waals surface area (Å²) in [4.78, 5) is 27.6. The highest BCUT2D eigenvalue weighted by Gasteiger charge is 2.29. The highest BCUT2D eigenvalue weighted by molar-refractivity contribution is 9.10. The van der Waals surface area contributed by atoms with Crippen LogP contribution in [0.15, 0.2) is 46.9 Å². The van der Waals surface area contributed by atoms with E-state index >= 15 is 0 Å². The zero-order valence-electron chi connectivity index (χ0n) is 20.2. The average Bonchev–Trinajstić information content (AvgIpc) is 2.72. The maximum Gasteiger partial charge on any atom is 0.261 e. The molecule has 33 heavy (non-hydrogen) atoms. The van der Waals surface area contributed by atoms with E-state index in [-0.39, 0.29) is 42.2 Å². The Morgan fingerprint density at radius 2 is 1.76 bits per heavy atom. The van der Waals surface area contributed by atoms with Crippen LogP contribution in [-0.2, 0) is 21.5 Å². The maximum atomic E-state index is 13.4. The second-order valence-corrected chi connectivity index (χ2v) is 10.3. The van der Waals surface area contributed by atoms with E-state index in [1.165, 1.54) is 17.0 Å². The molecule has 0 aliphatic rings. The molecule has 180 valence electrons. The molecule has 0 bridgehead atoms. The van der Waals surface area contributed by atoms with Crippen molar-refractivity contribution in [2.75, 3.05) is 6.61 Å². The third kappa shape index (κ3) is 7.84. The number of amides is 2. The molecule has 5 nitrogen and oxygen atoms in total. The number of hydrogen-bond donors (Lipinski definition) is 1. The molecule has 1 atom stereocenters. The molecule has 2 aromatic carbocycles. The topological polar surface area (TPSA) is 58.6 Å². The van der Waals surface area contributed by atoms with E-state index in [1.807, 2.05) is 39.0 Å². The van der Waals surface area contributed by atoms with Crippen LogP contribution in [0.1, 0.15) is 59.1 Å². The molecule has 0 fully saturated rings. The van der Waals surface area contributed by atoms with E-state index in [0.29, 0.717) is 12.2 Å². The van der Waals surface area contributed by atoms with Gasteiger partial charge in [-0.1, -0.05) is 45.9 Å². The predicted octanol–water partition coefficient (Wildman–Crippen LogP) is 5.60. The van der Waals surface area contributed by atoms with E-state index in [9.17, 15) is 14.0 Å². The van der Waals surface area contributed by atoms with Crippen LogP contribution in [-0.4, -0.2) is 35.4 Å². The Balaban J connectivity index is 2.23. The lowest BCUT2D eigenvalue weighted by Crippen LogP contribution is -2.51. The van der Waals surface area contributed by atoms with Gasteiger partial charge >= 0.3 is 0 Å². The molecule has 1 N–H and O–H groups in total. The fourth-order valence-electron chi connectivity index (χ4n) is 3.39. The van der Waals surface area contributed by atoms with Crippen LogP contribution in [0.5, 0.6) is 5.75 Å². The van der Waals surface area contributed by atoms with Gasteiger partial charge in [-0.3, -0.25) is 9.59 Å².